The second kappa shape index (κ2) is 6.13. The SMILES string of the molecule is CC(=O)c1cccc(NS(=O)(=O)c2cc(Br)cnc2Cl)c1. The first-order valence-electron chi connectivity index (χ1n) is 5.74. The fourth-order valence-electron chi connectivity index (χ4n) is 1.60. The maximum absolute atomic E-state index is 12.3. The minimum absolute atomic E-state index is 0.131. The molecule has 1 aromatic heterocycles. The van der Waals surface area contributed by atoms with Gasteiger partial charge in [0.05, 0.1) is 0 Å². The molecule has 8 heteroatoms. The molecule has 0 aliphatic carbocycles. The normalized spacial score (nSPS) is 11.2. The van der Waals surface area contributed by atoms with Crippen LogP contribution in [0.4, 0.5) is 5.69 Å². The Balaban J connectivity index is 2.40. The maximum Gasteiger partial charge on any atom is 0.265 e. The molecule has 0 fully saturated rings. The highest BCUT2D eigenvalue weighted by molar-refractivity contribution is 9.10. The number of halogens is 2. The zero-order valence-corrected chi connectivity index (χ0v) is 14.0. The number of ketones is 1. The van der Waals surface area contributed by atoms with Gasteiger partial charge in [-0.25, -0.2) is 13.4 Å². The van der Waals surface area contributed by atoms with E-state index in [0.717, 1.165) is 0 Å². The van der Waals surface area contributed by atoms with E-state index in [1.54, 1.807) is 18.2 Å². The van der Waals surface area contributed by atoms with Crippen molar-refractivity contribution in [2.45, 2.75) is 11.8 Å². The highest BCUT2D eigenvalue weighted by Crippen LogP contribution is 2.25. The summed E-state index contributed by atoms with van der Waals surface area (Å²) in [6.45, 7) is 1.41. The average molecular weight is 390 g/mol. The first-order valence-corrected chi connectivity index (χ1v) is 8.40. The Labute approximate surface area is 135 Å². The van der Waals surface area contributed by atoms with Gasteiger partial charge in [-0.1, -0.05) is 23.7 Å². The number of aromatic nitrogens is 1. The number of sulfonamides is 1. The number of carbonyl (C=O) groups excluding carboxylic acids is 1. The van der Waals surface area contributed by atoms with Crippen molar-refractivity contribution < 1.29 is 13.2 Å². The number of nitrogens with one attached hydrogen (secondary N) is 1. The second-order valence-corrected chi connectivity index (χ2v) is 7.11. The van der Waals surface area contributed by atoms with E-state index in [1.807, 2.05) is 0 Å². The molecular weight excluding hydrogens is 380 g/mol. The lowest BCUT2D eigenvalue weighted by molar-refractivity contribution is 0.101. The third-order valence-electron chi connectivity index (χ3n) is 2.58. The van der Waals surface area contributed by atoms with Gasteiger partial charge < -0.3 is 0 Å². The van der Waals surface area contributed by atoms with Crippen molar-refractivity contribution in [3.8, 4) is 0 Å². The van der Waals surface area contributed by atoms with Crippen molar-refractivity contribution in [3.63, 3.8) is 0 Å². The number of Topliss-reactive ketones (excluding diaryl/α,β-unsaturated/α-hetero) is 1. The first-order chi connectivity index (χ1) is 9.79. The molecule has 0 bridgehead atoms. The predicted molar refractivity (Wildman–Crippen MR) is 84.2 cm³/mol. The van der Waals surface area contributed by atoms with E-state index >= 15 is 0 Å². The number of benzene rings is 1. The Morgan fingerprint density at radius 3 is 2.71 bits per heavy atom. The Morgan fingerprint density at radius 2 is 2.05 bits per heavy atom. The van der Waals surface area contributed by atoms with E-state index in [4.69, 9.17) is 11.6 Å². The summed E-state index contributed by atoms with van der Waals surface area (Å²) in [6, 6.07) is 7.55. The molecule has 0 spiro atoms. The van der Waals surface area contributed by atoms with Crippen molar-refractivity contribution in [2.24, 2.45) is 0 Å². The largest absolute Gasteiger partial charge is 0.295 e. The van der Waals surface area contributed by atoms with E-state index in [-0.39, 0.29) is 21.5 Å². The highest BCUT2D eigenvalue weighted by Gasteiger charge is 2.19. The minimum atomic E-state index is -3.89. The van der Waals surface area contributed by atoms with Crippen LogP contribution in [0.2, 0.25) is 5.15 Å². The summed E-state index contributed by atoms with van der Waals surface area (Å²) in [6.07, 6.45) is 1.40. The fourth-order valence-corrected chi connectivity index (χ4v) is 3.60. The standard InChI is InChI=1S/C13H10BrClN2O3S/c1-8(18)9-3-2-4-11(5-9)17-21(19,20)12-6-10(14)7-16-13(12)15/h2-7,17H,1H3. The monoisotopic (exact) mass is 388 g/mol. The van der Waals surface area contributed by atoms with Crippen molar-refractivity contribution in [1.29, 1.82) is 0 Å². The number of pyridine rings is 1. The van der Waals surface area contributed by atoms with Gasteiger partial charge in [0, 0.05) is 21.9 Å². The zero-order chi connectivity index (χ0) is 15.6. The summed E-state index contributed by atoms with van der Waals surface area (Å²) in [5.74, 6) is -0.154. The molecule has 0 unspecified atom stereocenters. The van der Waals surface area contributed by atoms with Crippen LogP contribution in [0.25, 0.3) is 0 Å². The molecule has 1 aromatic carbocycles. The van der Waals surface area contributed by atoms with Gasteiger partial charge in [-0.2, -0.15) is 0 Å². The van der Waals surface area contributed by atoms with Gasteiger partial charge in [0.2, 0.25) is 0 Å². The van der Waals surface area contributed by atoms with E-state index in [0.29, 0.717) is 10.0 Å². The molecule has 0 aliphatic rings. The van der Waals surface area contributed by atoms with Gasteiger partial charge >= 0.3 is 0 Å². The lowest BCUT2D eigenvalue weighted by Gasteiger charge is -2.10. The lowest BCUT2D eigenvalue weighted by atomic mass is 10.1. The average Bonchev–Trinajstić information content (AvgIpc) is 2.41. The summed E-state index contributed by atoms with van der Waals surface area (Å²) in [5.41, 5.74) is 0.687. The number of nitrogens with zero attached hydrogens (tertiary/aromatic N) is 1. The van der Waals surface area contributed by atoms with Crippen molar-refractivity contribution in [2.75, 3.05) is 4.72 Å². The summed E-state index contributed by atoms with van der Waals surface area (Å²) in [5, 5.41) is -0.131. The van der Waals surface area contributed by atoms with Crippen LogP contribution >= 0.6 is 27.5 Å². The molecule has 0 amide bonds. The Bertz CT molecular complexity index is 809. The van der Waals surface area contributed by atoms with E-state index in [2.05, 4.69) is 25.6 Å². The van der Waals surface area contributed by atoms with Crippen LogP contribution in [0.15, 0.2) is 45.9 Å². The maximum atomic E-state index is 12.3. The van der Waals surface area contributed by atoms with Gasteiger partial charge in [-0.05, 0) is 41.1 Å². The van der Waals surface area contributed by atoms with Gasteiger partial charge in [0.15, 0.2) is 5.78 Å². The molecule has 0 aliphatic heterocycles. The summed E-state index contributed by atoms with van der Waals surface area (Å²) in [7, 11) is -3.89. The van der Waals surface area contributed by atoms with Crippen LogP contribution in [0, 0.1) is 0 Å². The van der Waals surface area contributed by atoms with Gasteiger partial charge in [0.25, 0.3) is 10.0 Å². The molecule has 0 saturated heterocycles. The van der Waals surface area contributed by atoms with Crippen LogP contribution in [0.1, 0.15) is 17.3 Å². The Kier molecular flexibility index (Phi) is 4.65. The molecule has 2 aromatic rings. The Hall–Kier alpha value is -1.44. The molecule has 0 radical (unpaired) electrons. The van der Waals surface area contributed by atoms with Crippen LogP contribution in [-0.2, 0) is 10.0 Å². The lowest BCUT2D eigenvalue weighted by Crippen LogP contribution is -2.14. The molecule has 2 rings (SSSR count). The molecule has 110 valence electrons. The van der Waals surface area contributed by atoms with Crippen molar-refractivity contribution >= 4 is 49.0 Å². The van der Waals surface area contributed by atoms with Crippen molar-refractivity contribution in [3.05, 3.63) is 51.7 Å². The topological polar surface area (TPSA) is 76.1 Å². The number of carbonyl (C=O) groups is 1. The molecular formula is C13H10BrClN2O3S. The summed E-state index contributed by atoms with van der Waals surface area (Å²) < 4.78 is 27.5. The zero-order valence-electron chi connectivity index (χ0n) is 10.8. The summed E-state index contributed by atoms with van der Waals surface area (Å²) in [4.78, 5) is 14.9. The highest BCUT2D eigenvalue weighted by atomic mass is 79.9. The third-order valence-corrected chi connectivity index (χ3v) is 4.83. The van der Waals surface area contributed by atoms with Gasteiger partial charge in [0.1, 0.15) is 10.0 Å². The molecule has 0 saturated carbocycles. The first kappa shape index (κ1) is 15.9. The van der Waals surface area contributed by atoms with Gasteiger partial charge in [-0.3, -0.25) is 9.52 Å². The predicted octanol–water partition coefficient (Wildman–Crippen LogP) is 3.50. The van der Waals surface area contributed by atoms with E-state index in [1.165, 1.54) is 25.3 Å². The number of hydrogen-bond donors (Lipinski definition) is 1. The third kappa shape index (κ3) is 3.81. The second-order valence-electron chi connectivity index (χ2n) is 4.18. The fraction of sp³-hybridized carbons (Fsp3) is 0.0769. The van der Waals surface area contributed by atoms with Crippen LogP contribution in [-0.4, -0.2) is 19.2 Å². The number of hydrogen-bond acceptors (Lipinski definition) is 4. The van der Waals surface area contributed by atoms with Crippen molar-refractivity contribution in [1.82, 2.24) is 4.98 Å². The number of rotatable bonds is 4. The number of anilines is 1. The van der Waals surface area contributed by atoms with E-state index in [9.17, 15) is 13.2 Å². The summed E-state index contributed by atoms with van der Waals surface area (Å²) >= 11 is 8.97. The quantitative estimate of drug-likeness (QED) is 0.641. The van der Waals surface area contributed by atoms with Gasteiger partial charge in [-0.15, -0.1) is 0 Å². The molecule has 21 heavy (non-hydrogen) atoms. The molecule has 1 heterocycles. The minimum Gasteiger partial charge on any atom is -0.295 e. The molecule has 5 nitrogen and oxygen atoms in total. The van der Waals surface area contributed by atoms with Crippen LogP contribution in [0.5, 0.6) is 0 Å². The molecule has 1 N–H and O–H groups in total. The molecule has 0 atom stereocenters. The van der Waals surface area contributed by atoms with Crippen LogP contribution < -0.4 is 4.72 Å². The Morgan fingerprint density at radius 1 is 1.33 bits per heavy atom. The smallest absolute Gasteiger partial charge is 0.265 e. The van der Waals surface area contributed by atoms with E-state index < -0.39 is 10.0 Å². The van der Waals surface area contributed by atoms with Crippen LogP contribution in [0.3, 0.4) is 0 Å².